The Morgan fingerprint density at radius 3 is 2.64 bits per heavy atom. The number of hydrogen-bond donors (Lipinski definition) is 1. The summed E-state index contributed by atoms with van der Waals surface area (Å²) in [6, 6.07) is 4.63. The molecule has 3 heterocycles. The summed E-state index contributed by atoms with van der Waals surface area (Å²) < 4.78 is 3.03. The third-order valence-corrected chi connectivity index (χ3v) is 8.46. The number of rotatable bonds is 10. The van der Waals surface area contributed by atoms with Gasteiger partial charge in [0.25, 0.3) is 0 Å². The molecule has 0 radical (unpaired) electrons. The van der Waals surface area contributed by atoms with E-state index in [1.54, 1.807) is 11.3 Å². The quantitative estimate of drug-likeness (QED) is 0.415. The fourth-order valence-electron chi connectivity index (χ4n) is 5.20. The molecule has 6 nitrogen and oxygen atoms in total. The van der Waals surface area contributed by atoms with Crippen molar-refractivity contribution in [2.24, 2.45) is 5.92 Å². The zero-order valence-corrected chi connectivity index (χ0v) is 21.8. The van der Waals surface area contributed by atoms with E-state index in [9.17, 15) is 4.79 Å². The molecule has 180 valence electrons. The molecule has 3 atom stereocenters. The van der Waals surface area contributed by atoms with Crippen LogP contribution in [0.2, 0.25) is 4.34 Å². The van der Waals surface area contributed by atoms with E-state index in [2.05, 4.69) is 52.3 Å². The van der Waals surface area contributed by atoms with Gasteiger partial charge in [0.05, 0.1) is 16.4 Å². The summed E-state index contributed by atoms with van der Waals surface area (Å²) in [5.74, 6) is 2.71. The van der Waals surface area contributed by atoms with Gasteiger partial charge in [-0.25, -0.2) is 0 Å². The van der Waals surface area contributed by atoms with Crippen molar-refractivity contribution in [2.45, 2.75) is 90.3 Å². The van der Waals surface area contributed by atoms with Crippen LogP contribution in [0.15, 0.2) is 24.4 Å². The highest BCUT2D eigenvalue weighted by Crippen LogP contribution is 2.40. The molecule has 1 amide bonds. The third kappa shape index (κ3) is 5.46. The Morgan fingerprint density at radius 2 is 2.00 bits per heavy atom. The molecule has 0 spiro atoms. The molecule has 1 saturated heterocycles. The second-order valence-corrected chi connectivity index (χ2v) is 11.6. The number of nitrogens with zero attached hydrogens (tertiary/aromatic N) is 4. The lowest BCUT2D eigenvalue weighted by atomic mass is 10.1. The predicted molar refractivity (Wildman–Crippen MR) is 135 cm³/mol. The summed E-state index contributed by atoms with van der Waals surface area (Å²) in [6.07, 6.45) is 6.17. The average Bonchev–Trinajstić information content (AvgIpc) is 3.30. The lowest BCUT2D eigenvalue weighted by molar-refractivity contribution is -0.125. The fraction of sp³-hybridized carbons (Fsp3) is 0.640. The summed E-state index contributed by atoms with van der Waals surface area (Å²) in [6.45, 7) is 13.8. The minimum Gasteiger partial charge on any atom is -0.365 e. The maximum atomic E-state index is 12.8. The number of hydrogen-bond acceptors (Lipinski definition) is 5. The molecule has 0 bridgehead atoms. The van der Waals surface area contributed by atoms with E-state index in [0.29, 0.717) is 18.0 Å². The molecule has 2 aliphatic rings. The van der Waals surface area contributed by atoms with E-state index in [-0.39, 0.29) is 17.9 Å². The lowest BCUT2D eigenvalue weighted by Crippen LogP contribution is -2.33. The SMILES string of the molecule is C=C1C(CC(C)n2c(C)nnc2C(C)C)N1CCC(NC(=O)C1CCCC1)c1ccc(Cl)s1. The van der Waals surface area contributed by atoms with Gasteiger partial charge in [0.15, 0.2) is 0 Å². The fourth-order valence-corrected chi connectivity index (χ4v) is 6.34. The Balaban J connectivity index is 1.37. The molecule has 1 N–H and O–H groups in total. The van der Waals surface area contributed by atoms with Crippen molar-refractivity contribution in [1.29, 1.82) is 0 Å². The number of aryl methyl sites for hydroxylation is 1. The van der Waals surface area contributed by atoms with Crippen molar-refractivity contribution in [3.63, 3.8) is 0 Å². The van der Waals surface area contributed by atoms with Crippen molar-refractivity contribution in [1.82, 2.24) is 25.0 Å². The zero-order valence-electron chi connectivity index (χ0n) is 20.2. The molecule has 2 aromatic heterocycles. The number of halogens is 1. The molecule has 0 aromatic carbocycles. The Morgan fingerprint density at radius 1 is 1.27 bits per heavy atom. The van der Waals surface area contributed by atoms with Crippen LogP contribution in [0.1, 0.15) is 93.8 Å². The minimum absolute atomic E-state index is 0.00490. The molecular weight excluding hydrogens is 454 g/mol. The van der Waals surface area contributed by atoms with Gasteiger partial charge in [-0.05, 0) is 51.7 Å². The highest BCUT2D eigenvalue weighted by Gasteiger charge is 2.40. The van der Waals surface area contributed by atoms with E-state index in [1.807, 2.05) is 19.1 Å². The highest BCUT2D eigenvalue weighted by molar-refractivity contribution is 7.16. The largest absolute Gasteiger partial charge is 0.365 e. The van der Waals surface area contributed by atoms with Crippen LogP contribution in [0, 0.1) is 12.8 Å². The van der Waals surface area contributed by atoms with Crippen molar-refractivity contribution in [3.05, 3.63) is 45.3 Å². The zero-order chi connectivity index (χ0) is 23.7. The molecule has 2 fully saturated rings. The number of aromatic nitrogens is 3. The maximum Gasteiger partial charge on any atom is 0.223 e. The Hall–Kier alpha value is -1.86. The van der Waals surface area contributed by atoms with Gasteiger partial charge >= 0.3 is 0 Å². The number of carbonyl (C=O) groups is 1. The van der Waals surface area contributed by atoms with E-state index in [1.165, 1.54) is 5.70 Å². The lowest BCUT2D eigenvalue weighted by Gasteiger charge is -2.21. The smallest absolute Gasteiger partial charge is 0.223 e. The normalized spacial score (nSPS) is 20.5. The minimum atomic E-state index is -0.00490. The van der Waals surface area contributed by atoms with Gasteiger partial charge in [0.1, 0.15) is 11.6 Å². The number of thiophene rings is 1. The first-order chi connectivity index (χ1) is 15.8. The van der Waals surface area contributed by atoms with Crippen molar-refractivity contribution >= 4 is 28.8 Å². The molecule has 2 aromatic rings. The van der Waals surface area contributed by atoms with Crippen molar-refractivity contribution in [3.8, 4) is 0 Å². The molecule has 1 aliphatic carbocycles. The summed E-state index contributed by atoms with van der Waals surface area (Å²) in [5.41, 5.74) is 1.18. The summed E-state index contributed by atoms with van der Waals surface area (Å²) >= 11 is 7.77. The van der Waals surface area contributed by atoms with E-state index in [0.717, 1.165) is 65.9 Å². The Kier molecular flexibility index (Phi) is 7.49. The maximum absolute atomic E-state index is 12.8. The first-order valence-electron chi connectivity index (χ1n) is 12.2. The van der Waals surface area contributed by atoms with Gasteiger partial charge in [-0.1, -0.05) is 44.9 Å². The Labute approximate surface area is 206 Å². The third-order valence-electron chi connectivity index (χ3n) is 7.11. The summed E-state index contributed by atoms with van der Waals surface area (Å²) in [7, 11) is 0. The molecule has 3 unspecified atom stereocenters. The standard InChI is InChI=1S/C25H36ClN5OS/c1-15(2)24-29-28-18(5)31(24)16(3)14-21-17(4)30(21)13-12-20(22-10-11-23(26)33-22)27-25(32)19-8-6-7-9-19/h10-11,15-16,19-21H,4,6-9,12-14H2,1-3,5H3,(H,27,32). The molecule has 1 saturated carbocycles. The van der Waals surface area contributed by atoms with E-state index < -0.39 is 0 Å². The van der Waals surface area contributed by atoms with Gasteiger partial charge in [0.2, 0.25) is 5.91 Å². The van der Waals surface area contributed by atoms with Crippen LogP contribution >= 0.6 is 22.9 Å². The summed E-state index contributed by atoms with van der Waals surface area (Å²) in [4.78, 5) is 16.3. The van der Waals surface area contributed by atoms with Crippen LogP contribution in [0.3, 0.4) is 0 Å². The second kappa shape index (κ2) is 10.2. The number of amides is 1. The molecule has 1 aliphatic heterocycles. The highest BCUT2D eigenvalue weighted by atomic mass is 35.5. The molecule has 33 heavy (non-hydrogen) atoms. The van der Waals surface area contributed by atoms with Gasteiger partial charge in [-0.2, -0.15) is 0 Å². The molecular formula is C25H36ClN5OS. The predicted octanol–water partition coefficient (Wildman–Crippen LogP) is 6.01. The van der Waals surface area contributed by atoms with Gasteiger partial charge < -0.3 is 14.8 Å². The molecule has 8 heteroatoms. The molecule has 4 rings (SSSR count). The number of nitrogens with one attached hydrogen (secondary N) is 1. The van der Waals surface area contributed by atoms with Gasteiger partial charge in [-0.3, -0.25) is 4.79 Å². The van der Waals surface area contributed by atoms with Crippen molar-refractivity contribution < 1.29 is 4.79 Å². The monoisotopic (exact) mass is 489 g/mol. The van der Waals surface area contributed by atoms with Crippen LogP contribution < -0.4 is 5.32 Å². The van der Waals surface area contributed by atoms with Gasteiger partial charge in [0, 0.05) is 35.0 Å². The van der Waals surface area contributed by atoms with Crippen LogP contribution in [-0.2, 0) is 4.79 Å². The topological polar surface area (TPSA) is 62.8 Å². The van der Waals surface area contributed by atoms with Crippen molar-refractivity contribution in [2.75, 3.05) is 6.54 Å². The summed E-state index contributed by atoms with van der Waals surface area (Å²) in [5, 5.41) is 12.0. The number of carbonyl (C=O) groups excluding carboxylic acids is 1. The van der Waals surface area contributed by atoms with E-state index in [4.69, 9.17) is 11.6 Å². The van der Waals surface area contributed by atoms with Crippen LogP contribution in [0.25, 0.3) is 0 Å². The first-order valence-corrected chi connectivity index (χ1v) is 13.4. The van der Waals surface area contributed by atoms with Crippen LogP contribution in [0.4, 0.5) is 0 Å². The van der Waals surface area contributed by atoms with E-state index >= 15 is 0 Å². The Bertz CT molecular complexity index is 993. The first kappa shape index (κ1) is 24.3. The van der Waals surface area contributed by atoms with Gasteiger partial charge in [-0.15, -0.1) is 21.5 Å². The average molecular weight is 490 g/mol. The van der Waals surface area contributed by atoms with Crippen LogP contribution in [0.5, 0.6) is 0 Å². The second-order valence-electron chi connectivity index (χ2n) is 9.89. The van der Waals surface area contributed by atoms with Crippen LogP contribution in [-0.4, -0.2) is 38.2 Å².